The van der Waals surface area contributed by atoms with Crippen molar-refractivity contribution in [1.29, 1.82) is 0 Å². The van der Waals surface area contributed by atoms with Crippen LogP contribution >= 0.6 is 0 Å². The normalized spacial score (nSPS) is 11.6. The zero-order valence-corrected chi connectivity index (χ0v) is 10.6. The van der Waals surface area contributed by atoms with Gasteiger partial charge in [0, 0.05) is 12.5 Å². The maximum Gasteiger partial charge on any atom is 0.190 e. The van der Waals surface area contributed by atoms with Crippen LogP contribution in [0.15, 0.2) is 12.1 Å². The van der Waals surface area contributed by atoms with E-state index in [0.29, 0.717) is 18.4 Å². The Morgan fingerprint density at radius 1 is 1.33 bits per heavy atom. The van der Waals surface area contributed by atoms with E-state index < -0.39 is 11.6 Å². The molecular weight excluding hydrogens is 236 g/mol. The van der Waals surface area contributed by atoms with Crippen molar-refractivity contribution in [3.8, 4) is 17.6 Å². The van der Waals surface area contributed by atoms with Gasteiger partial charge in [0.05, 0.1) is 6.61 Å². The highest BCUT2D eigenvalue weighted by atomic mass is 19.1. The summed E-state index contributed by atoms with van der Waals surface area (Å²) in [6, 6.07) is 2.37. The Morgan fingerprint density at radius 3 is 2.44 bits per heavy atom. The second kappa shape index (κ2) is 6.97. The molecule has 0 radical (unpaired) electrons. The van der Waals surface area contributed by atoms with Crippen LogP contribution in [0.25, 0.3) is 0 Å². The van der Waals surface area contributed by atoms with Crippen molar-refractivity contribution in [1.82, 2.24) is 0 Å². The molecule has 0 saturated carbocycles. The molecule has 0 heterocycles. The van der Waals surface area contributed by atoms with Crippen molar-refractivity contribution in [2.45, 2.75) is 32.7 Å². The third kappa shape index (κ3) is 4.34. The van der Waals surface area contributed by atoms with Crippen LogP contribution in [0, 0.1) is 23.5 Å². The van der Waals surface area contributed by atoms with E-state index >= 15 is 0 Å². The Kier molecular flexibility index (Phi) is 5.60. The maximum atomic E-state index is 13.6. The van der Waals surface area contributed by atoms with Gasteiger partial charge in [-0.1, -0.05) is 0 Å². The van der Waals surface area contributed by atoms with Crippen molar-refractivity contribution >= 4 is 0 Å². The highest BCUT2D eigenvalue weighted by Crippen LogP contribution is 2.24. The molecule has 2 nitrogen and oxygen atoms in total. The molecule has 1 unspecified atom stereocenters. The average molecular weight is 253 g/mol. The monoisotopic (exact) mass is 253 g/mol. The number of halogens is 2. The Balaban J connectivity index is 2.76. The predicted octanol–water partition coefficient (Wildman–Crippen LogP) is 2.65. The second-order valence-corrected chi connectivity index (χ2v) is 4.10. The van der Waals surface area contributed by atoms with Crippen molar-refractivity contribution in [2.24, 2.45) is 5.73 Å². The Morgan fingerprint density at radius 2 is 1.94 bits per heavy atom. The van der Waals surface area contributed by atoms with Gasteiger partial charge in [0.25, 0.3) is 0 Å². The van der Waals surface area contributed by atoms with Crippen LogP contribution in [-0.2, 0) is 6.42 Å². The number of ether oxygens (including phenoxy) is 1. The molecule has 0 spiro atoms. The quantitative estimate of drug-likeness (QED) is 0.646. The average Bonchev–Trinajstić information content (AvgIpc) is 2.26. The van der Waals surface area contributed by atoms with E-state index in [1.165, 1.54) is 12.1 Å². The molecule has 1 rings (SSSR count). The molecule has 1 aromatic rings. The van der Waals surface area contributed by atoms with E-state index in [4.69, 9.17) is 10.5 Å². The summed E-state index contributed by atoms with van der Waals surface area (Å²) in [5.74, 6) is 3.70. The first-order valence-corrected chi connectivity index (χ1v) is 5.80. The zero-order chi connectivity index (χ0) is 13.5. The van der Waals surface area contributed by atoms with Gasteiger partial charge in [0.1, 0.15) is 0 Å². The van der Waals surface area contributed by atoms with Crippen LogP contribution in [0.2, 0.25) is 0 Å². The molecule has 0 saturated heterocycles. The molecule has 18 heavy (non-hydrogen) atoms. The van der Waals surface area contributed by atoms with E-state index in [1.54, 1.807) is 13.8 Å². The fourth-order valence-electron chi connectivity index (χ4n) is 1.57. The van der Waals surface area contributed by atoms with Crippen LogP contribution in [0.3, 0.4) is 0 Å². The Labute approximate surface area is 106 Å². The molecule has 0 fully saturated rings. The minimum Gasteiger partial charge on any atom is -0.487 e. The summed E-state index contributed by atoms with van der Waals surface area (Å²) >= 11 is 0. The first kappa shape index (κ1) is 14.5. The van der Waals surface area contributed by atoms with Gasteiger partial charge in [-0.05, 0) is 38.0 Å². The Hall–Kier alpha value is -1.60. The largest absolute Gasteiger partial charge is 0.487 e. The van der Waals surface area contributed by atoms with Gasteiger partial charge in [-0.25, -0.2) is 8.78 Å². The first-order valence-electron chi connectivity index (χ1n) is 5.80. The second-order valence-electron chi connectivity index (χ2n) is 4.10. The summed E-state index contributed by atoms with van der Waals surface area (Å²) in [7, 11) is 0. The summed E-state index contributed by atoms with van der Waals surface area (Å²) in [4.78, 5) is 0. The summed E-state index contributed by atoms with van der Waals surface area (Å²) in [5, 5.41) is 0. The van der Waals surface area contributed by atoms with E-state index in [2.05, 4.69) is 11.8 Å². The smallest absolute Gasteiger partial charge is 0.190 e. The van der Waals surface area contributed by atoms with E-state index in [1.807, 2.05) is 0 Å². The predicted molar refractivity (Wildman–Crippen MR) is 67.3 cm³/mol. The highest BCUT2D eigenvalue weighted by Gasteiger charge is 2.13. The molecule has 1 aromatic carbocycles. The molecule has 0 aromatic heterocycles. The minimum atomic E-state index is -0.699. The van der Waals surface area contributed by atoms with Crippen LogP contribution in [-0.4, -0.2) is 12.6 Å². The third-order valence-corrected chi connectivity index (χ3v) is 2.27. The number of rotatable bonds is 5. The lowest BCUT2D eigenvalue weighted by Crippen LogP contribution is -2.18. The molecule has 0 aliphatic carbocycles. The molecule has 2 N–H and O–H groups in total. The standard InChI is InChI=1S/C14H17F2NO/c1-3-4-5-6-18-14-12(15)8-11(7-10(2)17)9-13(14)16/h8-10H,5-7,17H2,1-2H3. The van der Waals surface area contributed by atoms with Gasteiger partial charge in [-0.2, -0.15) is 0 Å². The lowest BCUT2D eigenvalue weighted by Gasteiger charge is -2.10. The highest BCUT2D eigenvalue weighted by molar-refractivity contribution is 5.31. The molecule has 1 atom stereocenters. The summed E-state index contributed by atoms with van der Waals surface area (Å²) in [5.41, 5.74) is 6.11. The van der Waals surface area contributed by atoms with Gasteiger partial charge < -0.3 is 10.5 Å². The summed E-state index contributed by atoms with van der Waals surface area (Å²) in [6.07, 6.45) is 0.867. The topological polar surface area (TPSA) is 35.2 Å². The molecule has 0 amide bonds. The third-order valence-electron chi connectivity index (χ3n) is 2.27. The van der Waals surface area contributed by atoms with E-state index in [-0.39, 0.29) is 18.4 Å². The molecule has 4 heteroatoms. The minimum absolute atomic E-state index is 0.143. The van der Waals surface area contributed by atoms with Crippen LogP contribution in [0.5, 0.6) is 5.75 Å². The summed E-state index contributed by atoms with van der Waals surface area (Å²) in [6.45, 7) is 3.65. The van der Waals surface area contributed by atoms with Gasteiger partial charge in [-0.15, -0.1) is 11.8 Å². The van der Waals surface area contributed by atoms with Gasteiger partial charge >= 0.3 is 0 Å². The number of nitrogens with two attached hydrogens (primary N) is 1. The van der Waals surface area contributed by atoms with Gasteiger partial charge in [0.15, 0.2) is 17.4 Å². The van der Waals surface area contributed by atoms with Gasteiger partial charge in [0.2, 0.25) is 0 Å². The van der Waals surface area contributed by atoms with Crippen LogP contribution < -0.4 is 10.5 Å². The molecular formula is C14H17F2NO. The van der Waals surface area contributed by atoms with Gasteiger partial charge in [-0.3, -0.25) is 0 Å². The number of hydrogen-bond acceptors (Lipinski definition) is 2. The van der Waals surface area contributed by atoms with Crippen molar-refractivity contribution in [3.63, 3.8) is 0 Å². The lowest BCUT2D eigenvalue weighted by atomic mass is 10.1. The molecule has 98 valence electrons. The molecule has 0 aliphatic heterocycles. The molecule has 0 aliphatic rings. The van der Waals surface area contributed by atoms with Crippen molar-refractivity contribution < 1.29 is 13.5 Å². The number of benzene rings is 1. The number of hydrogen-bond donors (Lipinski definition) is 1. The van der Waals surface area contributed by atoms with Crippen molar-refractivity contribution in [3.05, 3.63) is 29.3 Å². The van der Waals surface area contributed by atoms with E-state index in [9.17, 15) is 8.78 Å². The fourth-order valence-corrected chi connectivity index (χ4v) is 1.57. The summed E-state index contributed by atoms with van der Waals surface area (Å²) < 4.78 is 32.3. The lowest BCUT2D eigenvalue weighted by molar-refractivity contribution is 0.292. The first-order chi connectivity index (χ1) is 8.54. The van der Waals surface area contributed by atoms with E-state index in [0.717, 1.165) is 0 Å². The van der Waals surface area contributed by atoms with Crippen LogP contribution in [0.1, 0.15) is 25.8 Å². The van der Waals surface area contributed by atoms with Crippen molar-refractivity contribution in [2.75, 3.05) is 6.61 Å². The maximum absolute atomic E-state index is 13.6. The SMILES string of the molecule is CC#CCCOc1c(F)cc(CC(C)N)cc1F. The zero-order valence-electron chi connectivity index (χ0n) is 10.6. The Bertz CT molecular complexity index is 438. The van der Waals surface area contributed by atoms with Crippen LogP contribution in [0.4, 0.5) is 8.78 Å². The fraction of sp³-hybridized carbons (Fsp3) is 0.429. The molecule has 0 bridgehead atoms.